The number of carbonyl (C=O) groups is 1. The van der Waals surface area contributed by atoms with Gasteiger partial charge in [-0.2, -0.15) is 11.8 Å². The van der Waals surface area contributed by atoms with E-state index in [0.717, 1.165) is 24.4 Å². The van der Waals surface area contributed by atoms with Gasteiger partial charge in [-0.15, -0.1) is 0 Å². The van der Waals surface area contributed by atoms with Crippen LogP contribution in [0.1, 0.15) is 29.5 Å². The lowest BCUT2D eigenvalue weighted by atomic mass is 10.2. The van der Waals surface area contributed by atoms with Gasteiger partial charge in [0.1, 0.15) is 5.69 Å². The zero-order valence-corrected chi connectivity index (χ0v) is 11.4. The highest BCUT2D eigenvalue weighted by Gasteiger charge is 2.09. The number of carbonyl (C=O) groups excluding carboxylic acids is 1. The second kappa shape index (κ2) is 7.40. The van der Waals surface area contributed by atoms with E-state index in [9.17, 15) is 4.79 Å². The molecule has 4 nitrogen and oxygen atoms in total. The number of methoxy groups -OCH3 is 1. The zero-order valence-electron chi connectivity index (χ0n) is 10.6. The largest absolute Gasteiger partial charge is 0.464 e. The van der Waals surface area contributed by atoms with Crippen LogP contribution in [0.2, 0.25) is 0 Å². The van der Waals surface area contributed by atoms with Crippen molar-refractivity contribution in [3.05, 3.63) is 23.5 Å². The Morgan fingerprint density at radius 2 is 2.35 bits per heavy atom. The molecule has 0 aromatic carbocycles. The molecule has 1 aromatic rings. The smallest absolute Gasteiger partial charge is 0.354 e. The average molecular weight is 256 g/mol. The lowest BCUT2D eigenvalue weighted by molar-refractivity contribution is 0.0594. The molecule has 96 valence electrons. The van der Waals surface area contributed by atoms with Crippen molar-refractivity contribution in [1.29, 1.82) is 0 Å². The van der Waals surface area contributed by atoms with Crippen molar-refractivity contribution in [2.45, 2.75) is 25.9 Å². The minimum Gasteiger partial charge on any atom is -0.464 e. The Balaban J connectivity index is 2.46. The van der Waals surface area contributed by atoms with Crippen LogP contribution in [0.4, 0.5) is 0 Å². The lowest BCUT2D eigenvalue weighted by Crippen LogP contribution is -2.30. The molecule has 5 heteroatoms. The summed E-state index contributed by atoms with van der Waals surface area (Å²) in [5, 5.41) is 3.45. The second-order valence-corrected chi connectivity index (χ2v) is 4.74. The molecule has 0 saturated heterocycles. The number of nitrogens with one attached hydrogen (secondary N) is 2. The fourth-order valence-electron chi connectivity index (χ4n) is 1.55. The quantitative estimate of drug-likeness (QED) is 0.733. The first-order valence-electron chi connectivity index (χ1n) is 5.69. The fraction of sp³-hybridized carbons (Fsp3) is 0.583. The number of esters is 1. The van der Waals surface area contributed by atoms with E-state index in [-0.39, 0.29) is 5.97 Å². The Morgan fingerprint density at radius 3 is 2.94 bits per heavy atom. The van der Waals surface area contributed by atoms with Crippen LogP contribution in [0.5, 0.6) is 0 Å². The van der Waals surface area contributed by atoms with Gasteiger partial charge in [-0.1, -0.05) is 6.92 Å². The molecule has 17 heavy (non-hydrogen) atoms. The Morgan fingerprint density at radius 1 is 1.59 bits per heavy atom. The minimum atomic E-state index is -0.326. The average Bonchev–Trinajstić information content (AvgIpc) is 2.82. The summed E-state index contributed by atoms with van der Waals surface area (Å²) in [5.74, 6) is 0.772. The van der Waals surface area contributed by atoms with Crippen LogP contribution < -0.4 is 5.32 Å². The molecule has 0 bridgehead atoms. The number of ether oxygens (including phenoxy) is 1. The van der Waals surface area contributed by atoms with Crippen molar-refractivity contribution in [3.63, 3.8) is 0 Å². The van der Waals surface area contributed by atoms with Gasteiger partial charge in [0.15, 0.2) is 0 Å². The molecule has 0 spiro atoms. The third-order valence-corrected chi connectivity index (χ3v) is 3.33. The summed E-state index contributed by atoms with van der Waals surface area (Å²) < 4.78 is 4.64. The van der Waals surface area contributed by atoms with Gasteiger partial charge in [-0.3, -0.25) is 0 Å². The summed E-state index contributed by atoms with van der Waals surface area (Å²) in [4.78, 5) is 14.3. The number of aromatic amines is 1. The highest BCUT2D eigenvalue weighted by atomic mass is 32.2. The van der Waals surface area contributed by atoms with Crippen molar-refractivity contribution < 1.29 is 9.53 Å². The predicted octanol–water partition coefficient (Wildman–Crippen LogP) is 2.03. The van der Waals surface area contributed by atoms with Gasteiger partial charge in [0.2, 0.25) is 0 Å². The topological polar surface area (TPSA) is 54.1 Å². The standard InChI is InChI=1S/C12H20N2O2S/c1-4-9(8-17-3)13-7-10-5-6-11(14-10)12(15)16-2/h5-6,9,13-14H,4,7-8H2,1-3H3. The van der Waals surface area contributed by atoms with Gasteiger partial charge in [0.05, 0.1) is 7.11 Å². The second-order valence-electron chi connectivity index (χ2n) is 3.83. The van der Waals surface area contributed by atoms with Gasteiger partial charge in [-0.05, 0) is 24.8 Å². The number of rotatable bonds is 7. The van der Waals surface area contributed by atoms with E-state index in [1.165, 1.54) is 7.11 Å². The first-order chi connectivity index (χ1) is 8.21. The van der Waals surface area contributed by atoms with Gasteiger partial charge < -0.3 is 15.0 Å². The van der Waals surface area contributed by atoms with E-state index in [0.29, 0.717) is 11.7 Å². The summed E-state index contributed by atoms with van der Waals surface area (Å²) in [6.45, 7) is 2.92. The van der Waals surface area contributed by atoms with Crippen LogP contribution in [-0.4, -0.2) is 36.1 Å². The van der Waals surface area contributed by atoms with E-state index in [2.05, 4.69) is 28.2 Å². The van der Waals surface area contributed by atoms with Crippen LogP contribution in [0.3, 0.4) is 0 Å². The molecule has 2 N–H and O–H groups in total. The lowest BCUT2D eigenvalue weighted by Gasteiger charge is -2.14. The predicted molar refractivity (Wildman–Crippen MR) is 71.4 cm³/mol. The van der Waals surface area contributed by atoms with E-state index in [1.54, 1.807) is 6.07 Å². The third-order valence-electron chi connectivity index (χ3n) is 2.59. The maximum atomic E-state index is 11.2. The summed E-state index contributed by atoms with van der Waals surface area (Å²) in [6.07, 6.45) is 3.21. The van der Waals surface area contributed by atoms with Gasteiger partial charge >= 0.3 is 5.97 Å². The molecule has 1 heterocycles. The van der Waals surface area contributed by atoms with Crippen LogP contribution >= 0.6 is 11.8 Å². The maximum Gasteiger partial charge on any atom is 0.354 e. The molecular weight excluding hydrogens is 236 g/mol. The van der Waals surface area contributed by atoms with Crippen molar-refractivity contribution >= 4 is 17.7 Å². The Kier molecular flexibility index (Phi) is 6.15. The highest BCUT2D eigenvalue weighted by molar-refractivity contribution is 7.98. The summed E-state index contributed by atoms with van der Waals surface area (Å²) in [6, 6.07) is 4.17. The molecule has 1 rings (SSSR count). The van der Waals surface area contributed by atoms with Crippen molar-refractivity contribution in [2.75, 3.05) is 19.1 Å². The van der Waals surface area contributed by atoms with E-state index in [4.69, 9.17) is 0 Å². The first-order valence-corrected chi connectivity index (χ1v) is 7.09. The zero-order chi connectivity index (χ0) is 12.7. The molecule has 0 aliphatic rings. The van der Waals surface area contributed by atoms with Crippen LogP contribution in [0.25, 0.3) is 0 Å². The van der Waals surface area contributed by atoms with Crippen molar-refractivity contribution in [1.82, 2.24) is 10.3 Å². The summed E-state index contributed by atoms with van der Waals surface area (Å²) >= 11 is 1.84. The molecule has 1 atom stereocenters. The molecule has 0 amide bonds. The molecule has 0 radical (unpaired) electrons. The maximum absolute atomic E-state index is 11.2. The summed E-state index contributed by atoms with van der Waals surface area (Å²) in [5.41, 5.74) is 1.51. The molecule has 0 aliphatic heterocycles. The van der Waals surface area contributed by atoms with E-state index >= 15 is 0 Å². The number of hydrogen-bond acceptors (Lipinski definition) is 4. The number of hydrogen-bond donors (Lipinski definition) is 2. The monoisotopic (exact) mass is 256 g/mol. The molecule has 1 unspecified atom stereocenters. The molecule has 0 fully saturated rings. The fourth-order valence-corrected chi connectivity index (χ4v) is 2.30. The minimum absolute atomic E-state index is 0.326. The normalized spacial score (nSPS) is 12.4. The number of thioether (sulfide) groups is 1. The van der Waals surface area contributed by atoms with Crippen LogP contribution in [0, 0.1) is 0 Å². The first kappa shape index (κ1) is 14.1. The summed E-state index contributed by atoms with van der Waals surface area (Å²) in [7, 11) is 1.38. The van der Waals surface area contributed by atoms with E-state index in [1.807, 2.05) is 17.8 Å². The van der Waals surface area contributed by atoms with Gasteiger partial charge in [-0.25, -0.2) is 4.79 Å². The Bertz CT molecular complexity index is 352. The Labute approximate surface area is 107 Å². The van der Waals surface area contributed by atoms with Crippen LogP contribution in [0.15, 0.2) is 12.1 Å². The molecule has 1 aromatic heterocycles. The van der Waals surface area contributed by atoms with Crippen molar-refractivity contribution in [2.24, 2.45) is 0 Å². The third kappa shape index (κ3) is 4.44. The highest BCUT2D eigenvalue weighted by Crippen LogP contribution is 2.06. The Hall–Kier alpha value is -0.940. The molecular formula is C12H20N2O2S. The van der Waals surface area contributed by atoms with Gasteiger partial charge in [0.25, 0.3) is 0 Å². The van der Waals surface area contributed by atoms with Gasteiger partial charge in [0, 0.05) is 24.0 Å². The number of H-pyrrole nitrogens is 1. The van der Waals surface area contributed by atoms with E-state index < -0.39 is 0 Å². The van der Waals surface area contributed by atoms with Crippen LogP contribution in [-0.2, 0) is 11.3 Å². The molecule has 0 saturated carbocycles. The van der Waals surface area contributed by atoms with Crippen molar-refractivity contribution in [3.8, 4) is 0 Å². The number of aromatic nitrogens is 1. The SMILES string of the molecule is CCC(CSC)NCc1ccc(C(=O)OC)[nH]1. The molecule has 0 aliphatic carbocycles.